The van der Waals surface area contributed by atoms with E-state index in [2.05, 4.69) is 25.1 Å². The van der Waals surface area contributed by atoms with Gasteiger partial charge in [0, 0.05) is 0 Å². The molecule has 3 saturated heterocycles. The lowest BCUT2D eigenvalue weighted by Crippen LogP contribution is -2.34. The number of aliphatic hydroxyl groups is 1. The summed E-state index contributed by atoms with van der Waals surface area (Å²) in [6.07, 6.45) is -0.436. The number of carbonyl (C=O) groups excluding carboxylic acids is 4. The van der Waals surface area contributed by atoms with Crippen LogP contribution in [-0.2, 0) is 38.1 Å². The Kier molecular flexibility index (Phi) is 19.3. The zero-order valence-corrected chi connectivity index (χ0v) is 33.4. The van der Waals surface area contributed by atoms with Crippen molar-refractivity contribution in [3.8, 4) is 0 Å². The number of benzene rings is 2. The van der Waals surface area contributed by atoms with Gasteiger partial charge in [0.15, 0.2) is 17.4 Å². The van der Waals surface area contributed by atoms with Crippen LogP contribution < -0.4 is 17.2 Å². The second-order valence-corrected chi connectivity index (χ2v) is 13.4. The summed E-state index contributed by atoms with van der Waals surface area (Å²) in [6, 6.07) is 12.9. The molecule has 3 atom stereocenters. The van der Waals surface area contributed by atoms with E-state index in [0.29, 0.717) is 37.6 Å². The van der Waals surface area contributed by atoms with E-state index in [-0.39, 0.29) is 47.7 Å². The highest BCUT2D eigenvalue weighted by molar-refractivity contribution is 7.02. The van der Waals surface area contributed by atoms with Crippen molar-refractivity contribution < 1.29 is 67.6 Å². The zero-order valence-electron chi connectivity index (χ0n) is 32.4. The second-order valence-electron chi connectivity index (χ2n) is 13.4. The van der Waals surface area contributed by atoms with Crippen molar-refractivity contribution in [2.24, 2.45) is 11.7 Å². The van der Waals surface area contributed by atoms with Crippen molar-refractivity contribution in [2.45, 2.75) is 77.2 Å². The Hall–Kier alpha value is -3.70. The van der Waals surface area contributed by atoms with Gasteiger partial charge in [0.1, 0.15) is 24.9 Å². The Morgan fingerprint density at radius 2 is 1.04 bits per heavy atom. The van der Waals surface area contributed by atoms with Crippen LogP contribution in [0.25, 0.3) is 0 Å². The lowest BCUT2D eigenvalue weighted by atomic mass is 10.1. The minimum atomic E-state index is -0.657. The number of amides is 4. The van der Waals surface area contributed by atoms with E-state index in [1.807, 2.05) is 27.7 Å². The molecule has 0 radical (unpaired) electrons. The van der Waals surface area contributed by atoms with Gasteiger partial charge in [-0.1, -0.05) is 24.3 Å². The number of carbonyl (C=O) groups is 4. The smallest absolute Gasteiger partial charge is 0.285 e. The van der Waals surface area contributed by atoms with Crippen LogP contribution in [0.15, 0.2) is 48.5 Å². The third-order valence-corrected chi connectivity index (χ3v) is 7.61. The minimum Gasteiger partial charge on any atom is -0.394 e. The summed E-state index contributed by atoms with van der Waals surface area (Å²) in [4.78, 5) is 55.9. The highest BCUT2D eigenvalue weighted by Gasteiger charge is 2.39. The molecule has 5 heterocycles. The first kappa shape index (κ1) is 48.4. The lowest BCUT2D eigenvalue weighted by Gasteiger charge is -2.18. The molecule has 2 aromatic carbocycles. The third-order valence-electron chi connectivity index (χ3n) is 7.61. The Labute approximate surface area is 327 Å². The molecule has 2 aromatic rings. The summed E-state index contributed by atoms with van der Waals surface area (Å²) in [7, 11) is 3.88. The van der Waals surface area contributed by atoms with Crippen LogP contribution in [0.4, 0.5) is 0 Å². The van der Waals surface area contributed by atoms with Gasteiger partial charge in [-0.3, -0.25) is 45.7 Å². The maximum absolute atomic E-state index is 12.0. The van der Waals surface area contributed by atoms with Crippen molar-refractivity contribution in [1.82, 2.24) is 15.6 Å². The van der Waals surface area contributed by atoms with Gasteiger partial charge in [0.05, 0.1) is 55.3 Å². The number of hydrogen-bond acceptors (Lipinski definition) is 18. The highest BCUT2D eigenvalue weighted by atomic mass is 31.0. The molecule has 0 unspecified atom stereocenters. The molecule has 5 aliphatic rings. The molecule has 21 heteroatoms. The molecule has 312 valence electrons. The molecular formula is C35H53N6O14P. The van der Waals surface area contributed by atoms with Gasteiger partial charge in [-0.05, 0) is 81.9 Å². The van der Waals surface area contributed by atoms with Crippen LogP contribution in [0.3, 0.4) is 0 Å². The Morgan fingerprint density at radius 1 is 0.714 bits per heavy atom. The van der Waals surface area contributed by atoms with Crippen LogP contribution >= 0.6 is 9.03 Å². The summed E-state index contributed by atoms with van der Waals surface area (Å²) in [5.74, 6) is 5.64. The lowest BCUT2D eigenvalue weighted by molar-refractivity contribution is -0.163. The number of nitrogens with two attached hydrogens (primary N) is 2. The monoisotopic (exact) mass is 812 g/mol. The summed E-state index contributed by atoms with van der Waals surface area (Å²) in [5, 5.41) is 24.0. The SMILES string of the molecule is CC1(C)OC[C@H](CO)O1.CC1(C)OC[C@H](CON)O1.CC1(C)OC[C@H](CON2C(=O)c3ccccc3C2=O)O1.CNN.N=P.O=C1c2ccccc2C(=O)N1O. The molecule has 0 saturated carbocycles. The molecule has 4 amide bonds. The topological polar surface area (TPSA) is 277 Å². The van der Waals surface area contributed by atoms with Gasteiger partial charge >= 0.3 is 0 Å². The fourth-order valence-electron chi connectivity index (χ4n) is 5.27. The van der Waals surface area contributed by atoms with E-state index in [0.717, 1.165) is 5.06 Å². The van der Waals surface area contributed by atoms with Crippen LogP contribution in [-0.4, -0.2) is 126 Å². The molecule has 0 aromatic heterocycles. The van der Waals surface area contributed by atoms with Gasteiger partial charge in [0.2, 0.25) is 0 Å². The molecule has 8 N–H and O–H groups in total. The van der Waals surface area contributed by atoms with Gasteiger partial charge < -0.3 is 38.4 Å². The van der Waals surface area contributed by atoms with Crippen molar-refractivity contribution in [3.63, 3.8) is 0 Å². The predicted molar refractivity (Wildman–Crippen MR) is 198 cm³/mol. The van der Waals surface area contributed by atoms with Crippen LogP contribution in [0, 0.1) is 5.16 Å². The van der Waals surface area contributed by atoms with E-state index < -0.39 is 41.0 Å². The number of nitrogens with zero attached hydrogens (tertiary/aromatic N) is 2. The average molecular weight is 813 g/mol. The summed E-state index contributed by atoms with van der Waals surface area (Å²) in [5.41, 5.74) is 3.48. The fraction of sp³-hybridized carbons (Fsp3) is 0.543. The highest BCUT2D eigenvalue weighted by Crippen LogP contribution is 2.26. The van der Waals surface area contributed by atoms with Gasteiger partial charge in [-0.15, -0.1) is 10.1 Å². The zero-order chi connectivity index (χ0) is 42.3. The maximum atomic E-state index is 12.0. The standard InChI is InChI=1S/C14H15NO5.C8H5NO3.C6H13NO3.C6H12O3.CH6N2.H2NP/c1-14(2)18-7-9(20-14)8-19-15-12(16)10-5-3-4-6-11(10)13(15)17;10-7-5-3-1-2-4-6(5)8(11)9(7)12;1-6(2)8-3-5(10-6)4-9-7;1-6(2)8-4-5(3-7)9-6;1-3-2;1-2/h3-6,9H,7-8H2,1-2H3;1-4,12H;5H,3-4,7H2,1-2H3;5,7H,3-4H2,1-2H3;3H,2H2,1H3;1-2H/t9-;;2*5-;;/m1.10../s1. The van der Waals surface area contributed by atoms with E-state index in [9.17, 15) is 19.2 Å². The van der Waals surface area contributed by atoms with E-state index in [1.54, 1.807) is 57.3 Å². The van der Waals surface area contributed by atoms with Gasteiger partial charge in [0.25, 0.3) is 23.6 Å². The number of imide groups is 2. The van der Waals surface area contributed by atoms with Crippen molar-refractivity contribution in [3.05, 3.63) is 70.8 Å². The first-order valence-electron chi connectivity index (χ1n) is 17.2. The van der Waals surface area contributed by atoms with Gasteiger partial charge in [-0.25, -0.2) is 5.90 Å². The molecular weight excluding hydrogens is 759 g/mol. The largest absolute Gasteiger partial charge is 0.394 e. The molecule has 0 spiro atoms. The first-order valence-corrected chi connectivity index (χ1v) is 17.7. The van der Waals surface area contributed by atoms with Crippen LogP contribution in [0.2, 0.25) is 0 Å². The number of ether oxygens (including phenoxy) is 6. The Bertz CT molecular complexity index is 1550. The van der Waals surface area contributed by atoms with E-state index >= 15 is 0 Å². The average Bonchev–Trinajstić information content (AvgIpc) is 3.94. The molecule has 56 heavy (non-hydrogen) atoms. The quantitative estimate of drug-likeness (QED) is 0.0802. The first-order chi connectivity index (χ1) is 26.4. The third kappa shape index (κ3) is 14.0. The summed E-state index contributed by atoms with van der Waals surface area (Å²) < 4.78 is 31.9. The van der Waals surface area contributed by atoms with Gasteiger partial charge in [-0.2, -0.15) is 0 Å². The normalized spacial score (nSPS) is 23.2. The van der Waals surface area contributed by atoms with Crippen LogP contribution in [0.5, 0.6) is 0 Å². The van der Waals surface area contributed by atoms with Crippen molar-refractivity contribution in [1.29, 1.82) is 5.16 Å². The maximum Gasteiger partial charge on any atom is 0.285 e. The number of rotatable bonds is 6. The van der Waals surface area contributed by atoms with Crippen molar-refractivity contribution in [2.75, 3.05) is 46.7 Å². The molecule has 0 bridgehead atoms. The number of hydrazine groups is 1. The minimum absolute atomic E-state index is 0.0139. The van der Waals surface area contributed by atoms with Crippen LogP contribution in [0.1, 0.15) is 83.0 Å². The van der Waals surface area contributed by atoms with E-state index in [4.69, 9.17) is 54.6 Å². The predicted octanol–water partition coefficient (Wildman–Crippen LogP) is 2.17. The fourth-order valence-corrected chi connectivity index (χ4v) is 5.27. The molecule has 20 nitrogen and oxygen atoms in total. The molecule has 5 aliphatic heterocycles. The number of hydroxylamine groups is 4. The molecule has 7 rings (SSSR count). The summed E-state index contributed by atoms with van der Waals surface area (Å²) >= 11 is 0. The Morgan fingerprint density at radius 3 is 1.32 bits per heavy atom. The van der Waals surface area contributed by atoms with E-state index in [1.165, 1.54) is 12.1 Å². The summed E-state index contributed by atoms with van der Waals surface area (Å²) in [6.45, 7) is 13.0. The Balaban J connectivity index is 0.000000261. The number of aliphatic hydroxyl groups excluding tert-OH is 1. The molecule has 3 fully saturated rings. The molecule has 0 aliphatic carbocycles. The number of nitrogens with one attached hydrogen (secondary N) is 2. The second kappa shape index (κ2) is 22.3. The number of hydrogen-bond donors (Lipinski definition) is 6. The number of fused-ring (bicyclic) bond motifs is 2. The van der Waals surface area contributed by atoms with Crippen molar-refractivity contribution >= 4 is 32.7 Å².